The summed E-state index contributed by atoms with van der Waals surface area (Å²) in [6.45, 7) is 3.25. The zero-order valence-electron chi connectivity index (χ0n) is 2.55. The fraction of sp³-hybridized carbons (Fsp3) is 0. The molecule has 0 aliphatic rings. The van der Waals surface area contributed by atoms with Crippen molar-refractivity contribution >= 4 is 15.2 Å². The summed E-state index contributed by atoms with van der Waals surface area (Å²) in [5.74, 6) is 0. The molecule has 24 valence electrons. The van der Waals surface area contributed by atoms with Crippen molar-refractivity contribution in [3.05, 3.63) is 0 Å². The Bertz CT molecular complexity index is 11.6. The maximum absolute atomic E-state index is 7.75. The summed E-state index contributed by atoms with van der Waals surface area (Å²) in [5.41, 5.74) is 0. The van der Waals surface area contributed by atoms with E-state index in [0.717, 1.165) is 0 Å². The molecule has 4 radical (unpaired) electrons. The number of rotatable bonds is 0. The molecule has 0 aromatic carbocycles. The zero-order valence-corrected chi connectivity index (χ0v) is 8.32. The van der Waals surface area contributed by atoms with Crippen LogP contribution in [0.3, 0.4) is 0 Å². The minimum atomic E-state index is 0. The van der Waals surface area contributed by atoms with Gasteiger partial charge in [-0.1, -0.05) is 0 Å². The summed E-state index contributed by atoms with van der Waals surface area (Å²) in [6, 6.07) is 0. The molecule has 5 heavy (non-hydrogen) atoms. The Labute approximate surface area is 73.0 Å². The minimum Gasteiger partial charge on any atom is -0.545 e. The van der Waals surface area contributed by atoms with Gasteiger partial charge in [-0.05, 0) is 0 Å². The van der Waals surface area contributed by atoms with E-state index >= 15 is 0 Å². The topological polar surface area (TPSA) is 17.1 Å². The average Bonchev–Trinajstić information content (AvgIpc) is 1.00. The number of hydrogen-bond acceptors (Lipinski definition) is 1. The van der Waals surface area contributed by atoms with Crippen LogP contribution in [-0.4, -0.2) is 15.2 Å². The van der Waals surface area contributed by atoms with Gasteiger partial charge >= 0.3 is 0 Å². The van der Waals surface area contributed by atoms with Crippen molar-refractivity contribution in [2.75, 3.05) is 0 Å². The molecule has 4 heteroatoms. The summed E-state index contributed by atoms with van der Waals surface area (Å²) in [6.07, 6.45) is 0. The average molecular weight is 313 g/mol. The third-order valence-electron chi connectivity index (χ3n) is 0. The van der Waals surface area contributed by atoms with E-state index in [9.17, 15) is 0 Å². The van der Waals surface area contributed by atoms with Gasteiger partial charge in [-0.3, -0.25) is 6.79 Å². The molecule has 0 saturated carbocycles. The van der Waals surface area contributed by atoms with Crippen molar-refractivity contribution in [2.45, 2.75) is 0 Å². The Kier molecular flexibility index (Phi) is 303. The Balaban J connectivity index is -0.00000000167. The maximum atomic E-state index is 7.75. The molecule has 0 N–H and O–H groups in total. The molecule has 0 aliphatic carbocycles. The van der Waals surface area contributed by atoms with Gasteiger partial charge in [0.25, 0.3) is 0 Å². The molecule has 0 aromatic rings. The van der Waals surface area contributed by atoms with Gasteiger partial charge in [0.05, 0.1) is 0 Å². The normalized spacial score (nSPS) is 0.800. The second-order valence-electron chi connectivity index (χ2n) is 0. The number of hydrogen-bond donors (Lipinski definition) is 0. The molecular weight excluding hydrogens is 312 g/mol. The first-order valence-corrected chi connectivity index (χ1v) is 0.236. The van der Waals surface area contributed by atoms with Crippen LogP contribution in [0.1, 0.15) is 0 Å². The first kappa shape index (κ1) is 31.2. The van der Waals surface area contributed by atoms with Crippen LogP contribution in [0.5, 0.6) is 0 Å². The summed E-state index contributed by atoms with van der Waals surface area (Å²) < 4.78 is 0. The molecule has 0 heterocycles. The second-order valence-corrected chi connectivity index (χ2v) is 0. The first-order chi connectivity index (χ1) is 1.00. The summed E-state index contributed by atoms with van der Waals surface area (Å²) in [7, 11) is 0. The van der Waals surface area contributed by atoms with Gasteiger partial charge in [-0.15, -0.1) is 0 Å². The smallest absolute Gasteiger partial charge is 0 e. The van der Waals surface area contributed by atoms with E-state index in [4.69, 9.17) is 4.79 Å². The van der Waals surface area contributed by atoms with Gasteiger partial charge in [0.1, 0.15) is 0 Å². The molecular formula is CHBOWY-. The van der Waals surface area contributed by atoms with Gasteiger partial charge in [0, 0.05) is 62.2 Å². The van der Waals surface area contributed by atoms with Crippen LogP contribution in [0, 0.1) is 0 Å². The fourth-order valence-corrected chi connectivity index (χ4v) is 0. The SMILES string of the molecule is [B].[CH-]=O.[W].[Y]. The summed E-state index contributed by atoms with van der Waals surface area (Å²) in [4.78, 5) is 7.75. The minimum absolute atomic E-state index is 0. The standard InChI is InChI=1S/CHO.B.W.Y/c1-2;;;/h1H;;;/q-1;;;. The van der Waals surface area contributed by atoms with E-state index in [2.05, 4.69) is 6.79 Å². The Morgan fingerprint density at radius 3 is 1.20 bits per heavy atom. The van der Waals surface area contributed by atoms with E-state index < -0.39 is 0 Å². The Morgan fingerprint density at radius 2 is 1.20 bits per heavy atom. The molecule has 0 fully saturated rings. The van der Waals surface area contributed by atoms with Crippen molar-refractivity contribution in [1.29, 1.82) is 0 Å². The van der Waals surface area contributed by atoms with Crippen LogP contribution < -0.4 is 0 Å². The van der Waals surface area contributed by atoms with Crippen LogP contribution in [0.2, 0.25) is 0 Å². The van der Waals surface area contributed by atoms with E-state index in [1.54, 1.807) is 0 Å². The van der Waals surface area contributed by atoms with Crippen molar-refractivity contribution in [2.24, 2.45) is 0 Å². The van der Waals surface area contributed by atoms with Crippen molar-refractivity contribution < 1.29 is 58.6 Å². The molecule has 0 aliphatic heterocycles. The second kappa shape index (κ2) is 48.6. The van der Waals surface area contributed by atoms with Gasteiger partial charge in [-0.2, -0.15) is 0 Å². The van der Waals surface area contributed by atoms with Crippen LogP contribution in [0.25, 0.3) is 0 Å². The van der Waals surface area contributed by atoms with Crippen molar-refractivity contribution in [3.63, 3.8) is 0 Å². The predicted molar refractivity (Wildman–Crippen MR) is 12.5 cm³/mol. The molecule has 0 spiro atoms. The van der Waals surface area contributed by atoms with Crippen LogP contribution in [0.4, 0.5) is 0 Å². The van der Waals surface area contributed by atoms with Crippen LogP contribution in [0.15, 0.2) is 0 Å². The van der Waals surface area contributed by atoms with Gasteiger partial charge in [0.2, 0.25) is 0 Å². The first-order valence-electron chi connectivity index (χ1n) is 0.236. The van der Waals surface area contributed by atoms with Crippen molar-refractivity contribution in [3.8, 4) is 0 Å². The van der Waals surface area contributed by atoms with E-state index in [1.165, 1.54) is 0 Å². The summed E-state index contributed by atoms with van der Waals surface area (Å²) in [5, 5.41) is 0. The summed E-state index contributed by atoms with van der Waals surface area (Å²) >= 11 is 0. The Hall–Kier alpha value is 1.53. The van der Waals surface area contributed by atoms with Crippen molar-refractivity contribution in [1.82, 2.24) is 0 Å². The van der Waals surface area contributed by atoms with Crippen LogP contribution >= 0.6 is 0 Å². The predicted octanol–water partition coefficient (Wildman–Crippen LogP) is -0.660. The Morgan fingerprint density at radius 1 is 1.20 bits per heavy atom. The van der Waals surface area contributed by atoms with Crippen LogP contribution in [-0.2, 0) is 58.6 Å². The molecule has 1 nitrogen and oxygen atoms in total. The third kappa shape index (κ3) is 29.5. The van der Waals surface area contributed by atoms with E-state index in [1.807, 2.05) is 0 Å². The quantitative estimate of drug-likeness (QED) is 0.330. The van der Waals surface area contributed by atoms with E-state index in [0.29, 0.717) is 0 Å². The zero-order chi connectivity index (χ0) is 2.00. The number of carbonyl (C=O) groups excluding carboxylic acids is 1. The van der Waals surface area contributed by atoms with Gasteiger partial charge < -0.3 is 4.79 Å². The maximum Gasteiger partial charge on any atom is 0 e. The largest absolute Gasteiger partial charge is 0.545 e. The molecule has 0 amide bonds. The third-order valence-corrected chi connectivity index (χ3v) is 0. The molecule has 0 bridgehead atoms. The fourth-order valence-electron chi connectivity index (χ4n) is 0. The van der Waals surface area contributed by atoms with Gasteiger partial charge in [0.15, 0.2) is 0 Å². The molecule has 0 atom stereocenters. The molecule has 0 rings (SSSR count). The van der Waals surface area contributed by atoms with E-state index in [-0.39, 0.29) is 62.2 Å². The monoisotopic (exact) mass is 313 g/mol. The van der Waals surface area contributed by atoms with Gasteiger partial charge in [-0.25, -0.2) is 0 Å². The molecule has 0 aromatic heterocycles. The molecule has 0 saturated heterocycles. The molecule has 0 unspecified atom stereocenters.